The van der Waals surface area contributed by atoms with E-state index in [4.69, 9.17) is 0 Å². The lowest BCUT2D eigenvalue weighted by molar-refractivity contribution is 0.100. The summed E-state index contributed by atoms with van der Waals surface area (Å²) in [6.45, 7) is 0. The molecule has 0 saturated carbocycles. The maximum Gasteiger partial charge on any atom is 0.196 e. The van der Waals surface area contributed by atoms with Gasteiger partial charge in [0.25, 0.3) is 0 Å². The van der Waals surface area contributed by atoms with Crippen molar-refractivity contribution in [2.45, 2.75) is 0 Å². The Labute approximate surface area is 96.2 Å². The number of nitrogens with one attached hydrogen (secondary N) is 1. The number of hydrogen-bond acceptors (Lipinski definition) is 4. The van der Waals surface area contributed by atoms with Crippen molar-refractivity contribution in [1.29, 1.82) is 0 Å². The summed E-state index contributed by atoms with van der Waals surface area (Å²) in [6.07, 6.45) is 2.80. The molecule has 1 N–H and O–H groups in total. The van der Waals surface area contributed by atoms with Crippen molar-refractivity contribution in [3.63, 3.8) is 0 Å². The Bertz CT molecular complexity index is 642. The van der Waals surface area contributed by atoms with Crippen molar-refractivity contribution in [3.8, 4) is 0 Å². The van der Waals surface area contributed by atoms with E-state index in [0.29, 0.717) is 16.8 Å². The number of fused-ring (bicyclic) bond motifs is 1. The van der Waals surface area contributed by atoms with Crippen LogP contribution in [0.1, 0.15) is 26.4 Å². The number of rotatable bonds is 1. The summed E-state index contributed by atoms with van der Waals surface area (Å²) in [4.78, 5) is 24.0. The van der Waals surface area contributed by atoms with E-state index in [1.54, 1.807) is 24.3 Å². The van der Waals surface area contributed by atoms with Gasteiger partial charge in [-0.25, -0.2) is 0 Å². The normalized spacial score (nSPS) is 14.5. The first-order valence-corrected chi connectivity index (χ1v) is 5.04. The second kappa shape index (κ2) is 3.48. The fourth-order valence-corrected chi connectivity index (χ4v) is 1.84. The first kappa shape index (κ1) is 9.65. The van der Waals surface area contributed by atoms with Crippen LogP contribution in [-0.4, -0.2) is 27.0 Å². The smallest absolute Gasteiger partial charge is 0.196 e. The highest BCUT2D eigenvalue weighted by molar-refractivity contribution is 6.38. The molecule has 2 aromatic rings. The molecule has 0 amide bonds. The van der Waals surface area contributed by atoms with Crippen LogP contribution in [0, 0.1) is 0 Å². The largest absolute Gasteiger partial charge is 0.289 e. The number of carbonyl (C=O) groups excluding carboxylic acids is 2. The molecule has 1 aliphatic carbocycles. The molecule has 1 heterocycles. The van der Waals surface area contributed by atoms with Gasteiger partial charge in [-0.05, 0) is 6.08 Å². The van der Waals surface area contributed by atoms with Crippen molar-refractivity contribution in [2.75, 3.05) is 0 Å². The second-order valence-corrected chi connectivity index (χ2v) is 3.66. The third kappa shape index (κ3) is 1.40. The van der Waals surface area contributed by atoms with Crippen molar-refractivity contribution in [1.82, 2.24) is 15.4 Å². The van der Waals surface area contributed by atoms with Gasteiger partial charge in [-0.1, -0.05) is 29.5 Å². The molecule has 5 nitrogen and oxygen atoms in total. The Morgan fingerprint density at radius 3 is 2.53 bits per heavy atom. The minimum atomic E-state index is -0.200. The minimum absolute atomic E-state index is 0.182. The van der Waals surface area contributed by atoms with Gasteiger partial charge < -0.3 is 0 Å². The van der Waals surface area contributed by atoms with E-state index in [-0.39, 0.29) is 17.1 Å². The molecule has 0 saturated heterocycles. The van der Waals surface area contributed by atoms with E-state index in [1.165, 1.54) is 12.3 Å². The number of Topliss-reactive ketones (excluding diaryl/α,β-unsaturated/α-hetero) is 1. The zero-order chi connectivity index (χ0) is 11.8. The summed E-state index contributed by atoms with van der Waals surface area (Å²) in [5.41, 5.74) is 1.52. The highest BCUT2D eigenvalue weighted by Gasteiger charge is 2.26. The molecule has 0 fully saturated rings. The van der Waals surface area contributed by atoms with E-state index in [2.05, 4.69) is 15.4 Å². The van der Waals surface area contributed by atoms with Crippen molar-refractivity contribution in [2.24, 2.45) is 0 Å². The molecular weight excluding hydrogens is 218 g/mol. The Morgan fingerprint density at radius 1 is 1.06 bits per heavy atom. The molecule has 0 spiro atoms. The molecule has 0 bridgehead atoms. The summed E-state index contributed by atoms with van der Waals surface area (Å²) in [5.74, 6) is -0.382. The maximum atomic E-state index is 12.2. The number of aromatic nitrogens is 3. The Kier molecular flexibility index (Phi) is 1.98. The summed E-state index contributed by atoms with van der Waals surface area (Å²) in [7, 11) is 0. The summed E-state index contributed by atoms with van der Waals surface area (Å²) in [6, 6.07) is 6.75. The average Bonchev–Trinajstić information content (AvgIpc) is 2.87. The van der Waals surface area contributed by atoms with E-state index < -0.39 is 0 Å². The van der Waals surface area contributed by atoms with Gasteiger partial charge in [-0.3, -0.25) is 14.7 Å². The number of H-pyrrole nitrogens is 1. The average molecular weight is 225 g/mol. The first-order valence-electron chi connectivity index (χ1n) is 5.04. The lowest BCUT2D eigenvalue weighted by Gasteiger charge is -2.12. The maximum absolute atomic E-state index is 12.2. The van der Waals surface area contributed by atoms with Gasteiger partial charge in [-0.15, -0.1) is 5.10 Å². The van der Waals surface area contributed by atoms with Crippen LogP contribution in [0.4, 0.5) is 0 Å². The molecule has 1 aromatic heterocycles. The summed E-state index contributed by atoms with van der Waals surface area (Å²) < 4.78 is 0. The predicted molar refractivity (Wildman–Crippen MR) is 59.5 cm³/mol. The molecule has 5 heteroatoms. The van der Waals surface area contributed by atoms with Gasteiger partial charge in [0, 0.05) is 11.1 Å². The van der Waals surface area contributed by atoms with Gasteiger partial charge >= 0.3 is 0 Å². The van der Waals surface area contributed by atoms with Crippen LogP contribution in [0.3, 0.4) is 0 Å². The number of aromatic amines is 1. The van der Waals surface area contributed by atoms with Crippen LogP contribution < -0.4 is 0 Å². The fourth-order valence-electron chi connectivity index (χ4n) is 1.84. The SMILES string of the molecule is O=C1C=C(c2c[nH]nn2)C(=O)c2ccccc21. The van der Waals surface area contributed by atoms with Crippen LogP contribution in [0.15, 0.2) is 36.5 Å². The minimum Gasteiger partial charge on any atom is -0.289 e. The number of nitrogens with zero attached hydrogens (tertiary/aromatic N) is 2. The lowest BCUT2D eigenvalue weighted by Crippen LogP contribution is -2.16. The Balaban J connectivity index is 2.18. The standard InChI is InChI=1S/C12H7N3O2/c16-11-5-9(10-6-13-15-14-10)12(17)8-4-2-1-3-7(8)11/h1-6H,(H,13,14,15). The molecule has 82 valence electrons. The number of allylic oxidation sites excluding steroid dienone is 2. The van der Waals surface area contributed by atoms with Gasteiger partial charge in [-0.2, -0.15) is 0 Å². The van der Waals surface area contributed by atoms with E-state index in [1.807, 2.05) is 0 Å². The molecule has 0 unspecified atom stereocenters. The second-order valence-electron chi connectivity index (χ2n) is 3.66. The van der Waals surface area contributed by atoms with Gasteiger partial charge in [0.2, 0.25) is 0 Å². The van der Waals surface area contributed by atoms with Crippen molar-refractivity contribution in [3.05, 3.63) is 53.4 Å². The quantitative estimate of drug-likeness (QED) is 0.792. The molecule has 0 radical (unpaired) electrons. The molecular formula is C12H7N3O2. The first-order chi connectivity index (χ1) is 8.27. The third-order valence-electron chi connectivity index (χ3n) is 2.65. The summed E-state index contributed by atoms with van der Waals surface area (Å²) in [5, 5.41) is 9.81. The topological polar surface area (TPSA) is 75.7 Å². The van der Waals surface area contributed by atoms with Crippen LogP contribution in [-0.2, 0) is 0 Å². The monoisotopic (exact) mass is 225 g/mol. The number of benzene rings is 1. The van der Waals surface area contributed by atoms with Gasteiger partial charge in [0.05, 0.1) is 11.8 Å². The van der Waals surface area contributed by atoms with Gasteiger partial charge in [0.1, 0.15) is 5.69 Å². The zero-order valence-corrected chi connectivity index (χ0v) is 8.68. The van der Waals surface area contributed by atoms with E-state index in [9.17, 15) is 9.59 Å². The molecule has 1 aliphatic rings. The molecule has 3 rings (SSSR count). The molecule has 1 aromatic carbocycles. The predicted octanol–water partition coefficient (Wildman–Crippen LogP) is 1.27. The van der Waals surface area contributed by atoms with Crippen LogP contribution >= 0.6 is 0 Å². The lowest BCUT2D eigenvalue weighted by atomic mass is 9.88. The van der Waals surface area contributed by atoms with Gasteiger partial charge in [0.15, 0.2) is 11.6 Å². The number of carbonyl (C=O) groups is 2. The highest BCUT2D eigenvalue weighted by Crippen LogP contribution is 2.25. The summed E-state index contributed by atoms with van der Waals surface area (Å²) >= 11 is 0. The third-order valence-corrected chi connectivity index (χ3v) is 2.65. The van der Waals surface area contributed by atoms with Crippen LogP contribution in [0.25, 0.3) is 5.57 Å². The Morgan fingerprint density at radius 2 is 1.82 bits per heavy atom. The fraction of sp³-hybridized carbons (Fsp3) is 0. The van der Waals surface area contributed by atoms with Crippen LogP contribution in [0.5, 0.6) is 0 Å². The van der Waals surface area contributed by atoms with E-state index >= 15 is 0 Å². The molecule has 17 heavy (non-hydrogen) atoms. The molecule has 0 atom stereocenters. The highest BCUT2D eigenvalue weighted by atomic mass is 16.1. The zero-order valence-electron chi connectivity index (χ0n) is 8.68. The number of hydrogen-bond donors (Lipinski definition) is 1. The van der Waals surface area contributed by atoms with Crippen LogP contribution in [0.2, 0.25) is 0 Å². The van der Waals surface area contributed by atoms with Crippen molar-refractivity contribution < 1.29 is 9.59 Å². The Hall–Kier alpha value is -2.56. The number of ketones is 2. The van der Waals surface area contributed by atoms with Crippen molar-refractivity contribution >= 4 is 17.1 Å². The molecule has 0 aliphatic heterocycles. The van der Waals surface area contributed by atoms with E-state index in [0.717, 1.165) is 0 Å².